The summed E-state index contributed by atoms with van der Waals surface area (Å²) >= 11 is 0. The van der Waals surface area contributed by atoms with Gasteiger partial charge in [-0.05, 0) is 6.07 Å². The zero-order valence-electron chi connectivity index (χ0n) is 5.29. The van der Waals surface area contributed by atoms with E-state index in [2.05, 4.69) is 11.6 Å². The quantitative estimate of drug-likeness (QED) is 0.646. The highest BCUT2D eigenvalue weighted by atomic mass is 16.4. The zero-order chi connectivity index (χ0) is 7.56. The number of carbonyl (C=O) groups is 1. The van der Waals surface area contributed by atoms with Crippen LogP contribution in [0.2, 0.25) is 0 Å². The van der Waals surface area contributed by atoms with Crippen molar-refractivity contribution in [1.82, 2.24) is 4.98 Å². The first-order chi connectivity index (χ1) is 4.75. The second-order valence-corrected chi connectivity index (χ2v) is 1.82. The van der Waals surface area contributed by atoms with Crippen molar-refractivity contribution in [2.24, 2.45) is 0 Å². The maximum Gasteiger partial charge on any atom is 0.352 e. The SMILES string of the molecule is C=Cc1cc[nH]c1C(=O)O. The van der Waals surface area contributed by atoms with E-state index in [0.717, 1.165) is 0 Å². The van der Waals surface area contributed by atoms with Crippen molar-refractivity contribution >= 4 is 12.0 Å². The van der Waals surface area contributed by atoms with Gasteiger partial charge < -0.3 is 10.1 Å². The van der Waals surface area contributed by atoms with E-state index in [1.54, 1.807) is 12.3 Å². The van der Waals surface area contributed by atoms with E-state index < -0.39 is 5.97 Å². The summed E-state index contributed by atoms with van der Waals surface area (Å²) in [6.07, 6.45) is 3.07. The molecule has 10 heavy (non-hydrogen) atoms. The Balaban J connectivity index is 3.13. The van der Waals surface area contributed by atoms with Crippen LogP contribution in [-0.2, 0) is 0 Å². The van der Waals surface area contributed by atoms with E-state index in [0.29, 0.717) is 5.56 Å². The van der Waals surface area contributed by atoms with Gasteiger partial charge in [0.15, 0.2) is 0 Å². The highest BCUT2D eigenvalue weighted by Crippen LogP contribution is 2.06. The molecule has 0 radical (unpaired) electrons. The normalized spacial score (nSPS) is 9.20. The van der Waals surface area contributed by atoms with Crippen molar-refractivity contribution in [3.8, 4) is 0 Å². The predicted octanol–water partition coefficient (Wildman–Crippen LogP) is 1.36. The van der Waals surface area contributed by atoms with Crippen LogP contribution in [0.3, 0.4) is 0 Å². The Morgan fingerprint density at radius 1 is 1.80 bits per heavy atom. The minimum absolute atomic E-state index is 0.190. The number of carboxylic acid groups (broad SMARTS) is 1. The summed E-state index contributed by atoms with van der Waals surface area (Å²) in [6.45, 7) is 3.46. The standard InChI is InChI=1S/C7H7NO2/c1-2-5-3-4-8-6(5)7(9)10/h2-4,8H,1H2,(H,9,10). The van der Waals surface area contributed by atoms with Gasteiger partial charge in [0.05, 0.1) is 0 Å². The third-order valence-electron chi connectivity index (χ3n) is 1.21. The lowest BCUT2D eigenvalue weighted by Crippen LogP contribution is -1.97. The van der Waals surface area contributed by atoms with Crippen LogP contribution in [0.4, 0.5) is 0 Å². The molecule has 3 nitrogen and oxygen atoms in total. The van der Waals surface area contributed by atoms with Gasteiger partial charge in [0, 0.05) is 11.8 Å². The molecular formula is C7H7NO2. The molecule has 0 aliphatic heterocycles. The molecule has 0 unspecified atom stereocenters. The van der Waals surface area contributed by atoms with Gasteiger partial charge in [-0.15, -0.1) is 0 Å². The van der Waals surface area contributed by atoms with E-state index in [4.69, 9.17) is 5.11 Å². The third kappa shape index (κ3) is 0.932. The maximum absolute atomic E-state index is 10.4. The van der Waals surface area contributed by atoms with E-state index >= 15 is 0 Å². The van der Waals surface area contributed by atoms with Crippen LogP contribution in [0.15, 0.2) is 18.8 Å². The van der Waals surface area contributed by atoms with Gasteiger partial charge in [0.25, 0.3) is 0 Å². The van der Waals surface area contributed by atoms with Crippen LogP contribution in [0.1, 0.15) is 16.1 Å². The number of rotatable bonds is 2. The fraction of sp³-hybridized carbons (Fsp3) is 0. The molecule has 1 rings (SSSR count). The Kier molecular flexibility index (Phi) is 1.58. The second kappa shape index (κ2) is 2.39. The highest BCUT2D eigenvalue weighted by Gasteiger charge is 2.06. The molecule has 1 aromatic rings. The van der Waals surface area contributed by atoms with Crippen LogP contribution in [0.5, 0.6) is 0 Å². The van der Waals surface area contributed by atoms with Crippen molar-refractivity contribution in [2.45, 2.75) is 0 Å². The van der Waals surface area contributed by atoms with E-state index in [-0.39, 0.29) is 5.69 Å². The largest absolute Gasteiger partial charge is 0.477 e. The number of hydrogen-bond acceptors (Lipinski definition) is 1. The van der Waals surface area contributed by atoms with Crippen molar-refractivity contribution in [3.63, 3.8) is 0 Å². The fourth-order valence-electron chi connectivity index (χ4n) is 0.737. The van der Waals surface area contributed by atoms with E-state index in [1.807, 2.05) is 0 Å². The number of aromatic amines is 1. The average molecular weight is 137 g/mol. The molecule has 1 heterocycles. The first-order valence-electron chi connectivity index (χ1n) is 2.79. The monoisotopic (exact) mass is 137 g/mol. The molecule has 0 amide bonds. The second-order valence-electron chi connectivity index (χ2n) is 1.82. The molecule has 0 fully saturated rings. The van der Waals surface area contributed by atoms with Gasteiger partial charge in [-0.3, -0.25) is 0 Å². The Morgan fingerprint density at radius 3 is 2.90 bits per heavy atom. The molecule has 3 heteroatoms. The topological polar surface area (TPSA) is 53.1 Å². The number of H-pyrrole nitrogens is 1. The Labute approximate surface area is 58.0 Å². The minimum Gasteiger partial charge on any atom is -0.477 e. The summed E-state index contributed by atoms with van der Waals surface area (Å²) in [5.74, 6) is -0.958. The molecule has 2 N–H and O–H groups in total. The lowest BCUT2D eigenvalue weighted by molar-refractivity contribution is 0.0691. The highest BCUT2D eigenvalue weighted by molar-refractivity contribution is 5.89. The molecule has 0 spiro atoms. The zero-order valence-corrected chi connectivity index (χ0v) is 5.29. The van der Waals surface area contributed by atoms with Gasteiger partial charge in [-0.2, -0.15) is 0 Å². The van der Waals surface area contributed by atoms with Crippen molar-refractivity contribution in [1.29, 1.82) is 0 Å². The Bertz CT molecular complexity index is 262. The van der Waals surface area contributed by atoms with Crippen LogP contribution < -0.4 is 0 Å². The van der Waals surface area contributed by atoms with Gasteiger partial charge in [-0.25, -0.2) is 4.79 Å². The number of hydrogen-bond donors (Lipinski definition) is 2. The molecule has 0 aliphatic rings. The molecule has 0 aromatic carbocycles. The number of aromatic nitrogens is 1. The predicted molar refractivity (Wildman–Crippen MR) is 37.8 cm³/mol. The lowest BCUT2D eigenvalue weighted by Gasteiger charge is -1.88. The van der Waals surface area contributed by atoms with Crippen molar-refractivity contribution in [2.75, 3.05) is 0 Å². The molecule has 0 bridgehead atoms. The summed E-state index contributed by atoms with van der Waals surface area (Å²) in [5.41, 5.74) is 0.808. The van der Waals surface area contributed by atoms with Crippen LogP contribution >= 0.6 is 0 Å². The van der Waals surface area contributed by atoms with E-state index in [1.165, 1.54) is 6.08 Å². The van der Waals surface area contributed by atoms with Crippen molar-refractivity contribution < 1.29 is 9.90 Å². The number of aromatic carboxylic acids is 1. The average Bonchev–Trinajstić information content (AvgIpc) is 2.33. The van der Waals surface area contributed by atoms with Gasteiger partial charge >= 0.3 is 5.97 Å². The molecular weight excluding hydrogens is 130 g/mol. The summed E-state index contributed by atoms with van der Waals surface area (Å²) in [4.78, 5) is 12.9. The van der Waals surface area contributed by atoms with Gasteiger partial charge in [0.2, 0.25) is 0 Å². The Hall–Kier alpha value is -1.51. The first-order valence-corrected chi connectivity index (χ1v) is 2.79. The molecule has 0 saturated carbocycles. The van der Waals surface area contributed by atoms with E-state index in [9.17, 15) is 4.79 Å². The lowest BCUT2D eigenvalue weighted by atomic mass is 10.2. The molecule has 52 valence electrons. The first kappa shape index (κ1) is 6.61. The number of nitrogens with one attached hydrogen (secondary N) is 1. The number of carboxylic acids is 1. The van der Waals surface area contributed by atoms with Crippen molar-refractivity contribution in [3.05, 3.63) is 30.1 Å². The fourth-order valence-corrected chi connectivity index (χ4v) is 0.737. The third-order valence-corrected chi connectivity index (χ3v) is 1.21. The maximum atomic E-state index is 10.4. The van der Waals surface area contributed by atoms with Crippen LogP contribution in [0.25, 0.3) is 6.08 Å². The molecule has 0 atom stereocenters. The summed E-state index contributed by atoms with van der Waals surface area (Å²) in [5, 5.41) is 8.51. The Morgan fingerprint density at radius 2 is 2.50 bits per heavy atom. The smallest absolute Gasteiger partial charge is 0.352 e. The van der Waals surface area contributed by atoms with Crippen LogP contribution in [-0.4, -0.2) is 16.1 Å². The summed E-state index contributed by atoms with van der Waals surface area (Å²) < 4.78 is 0. The molecule has 1 aromatic heterocycles. The van der Waals surface area contributed by atoms with Gasteiger partial charge in [-0.1, -0.05) is 12.7 Å². The van der Waals surface area contributed by atoms with Gasteiger partial charge in [0.1, 0.15) is 5.69 Å². The van der Waals surface area contributed by atoms with Crippen LogP contribution in [0, 0.1) is 0 Å². The summed E-state index contributed by atoms with van der Waals surface area (Å²) in [6, 6.07) is 1.66. The molecule has 0 aliphatic carbocycles. The minimum atomic E-state index is -0.958. The summed E-state index contributed by atoms with van der Waals surface area (Å²) in [7, 11) is 0. The molecule has 0 saturated heterocycles.